The second-order valence-electron chi connectivity index (χ2n) is 4.34. The SMILES string of the molecule is OCc1c(-c2ccccc2)ccc2ccccc12. The molecule has 1 nitrogen and oxygen atoms in total. The summed E-state index contributed by atoms with van der Waals surface area (Å²) in [6, 6.07) is 22.5. The van der Waals surface area contributed by atoms with E-state index in [2.05, 4.69) is 36.4 Å². The van der Waals surface area contributed by atoms with Crippen LogP contribution < -0.4 is 0 Å². The van der Waals surface area contributed by atoms with Gasteiger partial charge in [-0.15, -0.1) is 0 Å². The predicted molar refractivity (Wildman–Crippen MR) is 75.3 cm³/mol. The highest BCUT2D eigenvalue weighted by Crippen LogP contribution is 2.30. The fraction of sp³-hybridized carbons (Fsp3) is 0.0588. The maximum absolute atomic E-state index is 9.68. The molecular weight excluding hydrogens is 220 g/mol. The Bertz CT molecular complexity index is 672. The summed E-state index contributed by atoms with van der Waals surface area (Å²) >= 11 is 0. The first-order valence-electron chi connectivity index (χ1n) is 6.07. The highest BCUT2D eigenvalue weighted by atomic mass is 16.3. The topological polar surface area (TPSA) is 20.2 Å². The van der Waals surface area contributed by atoms with E-state index in [1.807, 2.05) is 30.3 Å². The lowest BCUT2D eigenvalue weighted by Gasteiger charge is -2.11. The zero-order valence-corrected chi connectivity index (χ0v) is 10.0. The molecule has 0 aliphatic heterocycles. The molecule has 0 spiro atoms. The average Bonchev–Trinajstić information content (AvgIpc) is 2.47. The van der Waals surface area contributed by atoms with Gasteiger partial charge in [-0.25, -0.2) is 0 Å². The predicted octanol–water partition coefficient (Wildman–Crippen LogP) is 4.00. The van der Waals surface area contributed by atoms with Crippen molar-refractivity contribution in [2.75, 3.05) is 0 Å². The van der Waals surface area contributed by atoms with Crippen molar-refractivity contribution in [3.8, 4) is 11.1 Å². The molecule has 0 radical (unpaired) electrons. The Hall–Kier alpha value is -2.12. The fourth-order valence-corrected chi connectivity index (χ4v) is 2.39. The normalized spacial score (nSPS) is 10.7. The van der Waals surface area contributed by atoms with Gasteiger partial charge >= 0.3 is 0 Å². The van der Waals surface area contributed by atoms with Gasteiger partial charge in [-0.1, -0.05) is 66.7 Å². The summed E-state index contributed by atoms with van der Waals surface area (Å²) in [7, 11) is 0. The molecule has 0 fully saturated rings. The molecule has 0 aromatic heterocycles. The number of benzene rings is 3. The molecule has 0 saturated carbocycles. The van der Waals surface area contributed by atoms with E-state index in [4.69, 9.17) is 0 Å². The van der Waals surface area contributed by atoms with Crippen molar-refractivity contribution in [2.45, 2.75) is 6.61 Å². The van der Waals surface area contributed by atoms with Crippen LogP contribution >= 0.6 is 0 Å². The Kier molecular flexibility index (Phi) is 2.83. The Balaban J connectivity index is 2.31. The summed E-state index contributed by atoms with van der Waals surface area (Å²) in [4.78, 5) is 0. The average molecular weight is 234 g/mol. The molecule has 3 aromatic carbocycles. The van der Waals surface area contributed by atoms with Crippen molar-refractivity contribution >= 4 is 10.8 Å². The molecule has 18 heavy (non-hydrogen) atoms. The van der Waals surface area contributed by atoms with Gasteiger partial charge in [0, 0.05) is 0 Å². The molecule has 0 saturated heterocycles. The van der Waals surface area contributed by atoms with Gasteiger partial charge in [-0.3, -0.25) is 0 Å². The first-order valence-corrected chi connectivity index (χ1v) is 6.07. The summed E-state index contributed by atoms with van der Waals surface area (Å²) in [5.74, 6) is 0. The van der Waals surface area contributed by atoms with Crippen LogP contribution in [-0.2, 0) is 6.61 Å². The Labute approximate surface area is 106 Å². The monoisotopic (exact) mass is 234 g/mol. The van der Waals surface area contributed by atoms with Crippen LogP contribution in [0.2, 0.25) is 0 Å². The van der Waals surface area contributed by atoms with E-state index in [1.165, 1.54) is 5.39 Å². The number of hydrogen-bond donors (Lipinski definition) is 1. The second-order valence-corrected chi connectivity index (χ2v) is 4.34. The molecule has 0 bridgehead atoms. The summed E-state index contributed by atoms with van der Waals surface area (Å²) < 4.78 is 0. The largest absolute Gasteiger partial charge is 0.392 e. The molecule has 88 valence electrons. The Morgan fingerprint density at radius 1 is 0.722 bits per heavy atom. The number of hydrogen-bond acceptors (Lipinski definition) is 1. The molecular formula is C17H14O. The minimum atomic E-state index is 0.0611. The van der Waals surface area contributed by atoms with E-state index >= 15 is 0 Å². The fourth-order valence-electron chi connectivity index (χ4n) is 2.39. The molecule has 0 atom stereocenters. The van der Waals surface area contributed by atoms with Gasteiger partial charge in [0.2, 0.25) is 0 Å². The molecule has 0 aliphatic rings. The highest BCUT2D eigenvalue weighted by Gasteiger charge is 2.07. The van der Waals surface area contributed by atoms with E-state index in [-0.39, 0.29) is 6.61 Å². The molecule has 0 heterocycles. The molecule has 0 amide bonds. The minimum Gasteiger partial charge on any atom is -0.392 e. The number of rotatable bonds is 2. The van der Waals surface area contributed by atoms with E-state index in [1.54, 1.807) is 0 Å². The van der Waals surface area contributed by atoms with Crippen molar-refractivity contribution < 1.29 is 5.11 Å². The van der Waals surface area contributed by atoms with Crippen molar-refractivity contribution in [1.82, 2.24) is 0 Å². The van der Waals surface area contributed by atoms with E-state index < -0.39 is 0 Å². The Morgan fingerprint density at radius 3 is 2.22 bits per heavy atom. The van der Waals surface area contributed by atoms with Gasteiger partial charge in [0.25, 0.3) is 0 Å². The van der Waals surface area contributed by atoms with Gasteiger partial charge in [-0.05, 0) is 27.5 Å². The van der Waals surface area contributed by atoms with Crippen LogP contribution in [0.15, 0.2) is 66.7 Å². The van der Waals surface area contributed by atoms with Crippen LogP contribution in [0.4, 0.5) is 0 Å². The third-order valence-electron chi connectivity index (χ3n) is 3.28. The summed E-state index contributed by atoms with van der Waals surface area (Å²) in [6.07, 6.45) is 0. The smallest absolute Gasteiger partial charge is 0.0693 e. The van der Waals surface area contributed by atoms with Crippen LogP contribution in [0.3, 0.4) is 0 Å². The van der Waals surface area contributed by atoms with E-state index in [0.29, 0.717) is 0 Å². The van der Waals surface area contributed by atoms with E-state index in [9.17, 15) is 5.11 Å². The van der Waals surface area contributed by atoms with Crippen LogP contribution in [0.1, 0.15) is 5.56 Å². The maximum Gasteiger partial charge on any atom is 0.0693 e. The molecule has 3 rings (SSSR count). The lowest BCUT2D eigenvalue weighted by Crippen LogP contribution is -1.91. The molecule has 3 aromatic rings. The third kappa shape index (κ3) is 1.79. The van der Waals surface area contributed by atoms with Crippen LogP contribution in [0, 0.1) is 0 Å². The number of fused-ring (bicyclic) bond motifs is 1. The lowest BCUT2D eigenvalue weighted by atomic mass is 9.95. The van der Waals surface area contributed by atoms with Crippen molar-refractivity contribution in [1.29, 1.82) is 0 Å². The first-order chi connectivity index (χ1) is 8.90. The van der Waals surface area contributed by atoms with Crippen LogP contribution in [-0.4, -0.2) is 5.11 Å². The molecule has 0 aliphatic carbocycles. The van der Waals surface area contributed by atoms with Crippen molar-refractivity contribution in [3.05, 3.63) is 72.3 Å². The quantitative estimate of drug-likeness (QED) is 0.710. The maximum atomic E-state index is 9.68. The molecule has 1 N–H and O–H groups in total. The van der Waals surface area contributed by atoms with Crippen LogP contribution in [0.25, 0.3) is 21.9 Å². The zero-order chi connectivity index (χ0) is 12.4. The van der Waals surface area contributed by atoms with Crippen LogP contribution in [0.5, 0.6) is 0 Å². The number of aliphatic hydroxyl groups excluding tert-OH is 1. The van der Waals surface area contributed by atoms with Gasteiger partial charge in [0.1, 0.15) is 0 Å². The third-order valence-corrected chi connectivity index (χ3v) is 3.28. The second kappa shape index (κ2) is 4.63. The van der Waals surface area contributed by atoms with E-state index in [0.717, 1.165) is 22.1 Å². The minimum absolute atomic E-state index is 0.0611. The molecule has 1 heteroatoms. The van der Waals surface area contributed by atoms with Gasteiger partial charge < -0.3 is 5.11 Å². The van der Waals surface area contributed by atoms with Crippen molar-refractivity contribution in [2.24, 2.45) is 0 Å². The standard InChI is InChI=1S/C17H14O/c18-12-17-15-9-5-4-8-14(15)10-11-16(17)13-6-2-1-3-7-13/h1-11,18H,12H2. The molecule has 0 unspecified atom stereocenters. The Morgan fingerprint density at radius 2 is 1.44 bits per heavy atom. The number of aliphatic hydroxyl groups is 1. The summed E-state index contributed by atoms with van der Waals surface area (Å²) in [5.41, 5.74) is 3.25. The lowest BCUT2D eigenvalue weighted by molar-refractivity contribution is 0.284. The van der Waals surface area contributed by atoms with Gasteiger partial charge in [0.05, 0.1) is 6.61 Å². The van der Waals surface area contributed by atoms with Gasteiger partial charge in [0.15, 0.2) is 0 Å². The zero-order valence-electron chi connectivity index (χ0n) is 10.0. The van der Waals surface area contributed by atoms with Crippen molar-refractivity contribution in [3.63, 3.8) is 0 Å². The summed E-state index contributed by atoms with van der Waals surface area (Å²) in [5, 5.41) is 12.0. The van der Waals surface area contributed by atoms with Gasteiger partial charge in [-0.2, -0.15) is 0 Å². The first kappa shape index (κ1) is 11.0. The summed E-state index contributed by atoms with van der Waals surface area (Å²) in [6.45, 7) is 0.0611. The highest BCUT2D eigenvalue weighted by molar-refractivity contribution is 5.91.